The maximum Gasteiger partial charge on any atom is 0.240 e. The van der Waals surface area contributed by atoms with Gasteiger partial charge >= 0.3 is 0 Å². The van der Waals surface area contributed by atoms with Gasteiger partial charge in [0.15, 0.2) is 0 Å². The fourth-order valence-corrected chi connectivity index (χ4v) is 2.49. The Hall–Kier alpha value is -1.63. The molecule has 3 N–H and O–H groups in total. The minimum absolute atomic E-state index is 0.108. The van der Waals surface area contributed by atoms with Crippen molar-refractivity contribution in [1.29, 1.82) is 0 Å². The highest BCUT2D eigenvalue weighted by molar-refractivity contribution is 7.89. The summed E-state index contributed by atoms with van der Waals surface area (Å²) >= 11 is 0. The summed E-state index contributed by atoms with van der Waals surface area (Å²) in [5.74, 6) is 1.17. The zero-order valence-corrected chi connectivity index (χ0v) is 10.5. The number of furan rings is 1. The Labute approximate surface area is 106 Å². The summed E-state index contributed by atoms with van der Waals surface area (Å²) in [6, 6.07) is 11.6. The van der Waals surface area contributed by atoms with Crippen molar-refractivity contribution >= 4 is 10.0 Å². The predicted octanol–water partition coefficient (Wildman–Crippen LogP) is 1.22. The summed E-state index contributed by atoms with van der Waals surface area (Å²) < 4.78 is 31.6. The van der Waals surface area contributed by atoms with Gasteiger partial charge < -0.3 is 10.2 Å². The lowest BCUT2D eigenvalue weighted by atomic mass is 10.4. The van der Waals surface area contributed by atoms with Crippen LogP contribution in [0.2, 0.25) is 0 Å². The van der Waals surface area contributed by atoms with Crippen molar-refractivity contribution < 1.29 is 12.8 Å². The van der Waals surface area contributed by atoms with E-state index >= 15 is 0 Å². The average Bonchev–Trinajstić information content (AvgIpc) is 2.86. The van der Waals surface area contributed by atoms with Crippen molar-refractivity contribution in [2.45, 2.75) is 18.0 Å². The molecule has 2 rings (SSSR count). The number of rotatable bonds is 5. The van der Waals surface area contributed by atoms with Gasteiger partial charge in [-0.25, -0.2) is 13.1 Å². The van der Waals surface area contributed by atoms with Gasteiger partial charge in [0.1, 0.15) is 11.5 Å². The molecule has 6 heteroatoms. The Morgan fingerprint density at radius 2 is 1.72 bits per heavy atom. The van der Waals surface area contributed by atoms with Crippen molar-refractivity contribution in [3.63, 3.8) is 0 Å². The molecule has 5 nitrogen and oxygen atoms in total. The third kappa shape index (κ3) is 2.98. The standard InChI is InChI=1S/C12H14N2O3S/c13-8-10-6-7-11(17-10)9-14-18(15,16)12-4-2-1-3-5-12/h1-7,14H,8-9,13H2. The van der Waals surface area contributed by atoms with Crippen LogP contribution in [0.1, 0.15) is 11.5 Å². The summed E-state index contributed by atoms with van der Waals surface area (Å²) in [6.45, 7) is 0.405. The Morgan fingerprint density at radius 1 is 1.06 bits per heavy atom. The molecule has 0 radical (unpaired) electrons. The van der Waals surface area contributed by atoms with Crippen LogP contribution in [0.25, 0.3) is 0 Å². The Balaban J connectivity index is 2.06. The third-order valence-corrected chi connectivity index (χ3v) is 3.83. The molecule has 0 amide bonds. The Kier molecular flexibility index (Phi) is 3.81. The lowest BCUT2D eigenvalue weighted by Crippen LogP contribution is -2.22. The maximum atomic E-state index is 11.9. The molecule has 1 heterocycles. The highest BCUT2D eigenvalue weighted by atomic mass is 32.2. The predicted molar refractivity (Wildman–Crippen MR) is 67.1 cm³/mol. The molecule has 0 atom stereocenters. The molecule has 0 aliphatic rings. The topological polar surface area (TPSA) is 85.3 Å². The molecule has 1 aromatic heterocycles. The number of benzene rings is 1. The third-order valence-electron chi connectivity index (χ3n) is 2.41. The molecule has 0 unspecified atom stereocenters. The van der Waals surface area contributed by atoms with E-state index in [1.807, 2.05) is 0 Å². The van der Waals surface area contributed by atoms with Crippen molar-refractivity contribution in [2.75, 3.05) is 0 Å². The normalized spacial score (nSPS) is 11.6. The molecule has 0 aliphatic carbocycles. The summed E-state index contributed by atoms with van der Waals surface area (Å²) in [6.07, 6.45) is 0. The lowest BCUT2D eigenvalue weighted by molar-refractivity contribution is 0.460. The van der Waals surface area contributed by atoms with E-state index < -0.39 is 10.0 Å². The average molecular weight is 266 g/mol. The molecule has 0 saturated heterocycles. The first-order chi connectivity index (χ1) is 8.62. The summed E-state index contributed by atoms with van der Waals surface area (Å²) in [5.41, 5.74) is 5.40. The second-order valence-electron chi connectivity index (χ2n) is 3.71. The molecule has 96 valence electrons. The van der Waals surface area contributed by atoms with Crippen LogP contribution in [0.4, 0.5) is 0 Å². The van der Waals surface area contributed by atoms with Gasteiger partial charge in [-0.2, -0.15) is 0 Å². The SMILES string of the molecule is NCc1ccc(CNS(=O)(=O)c2ccccc2)o1. The van der Waals surface area contributed by atoms with E-state index in [2.05, 4.69) is 4.72 Å². The van der Waals surface area contributed by atoms with Crippen LogP contribution in [0.3, 0.4) is 0 Å². The van der Waals surface area contributed by atoms with Gasteiger partial charge in [0.05, 0.1) is 18.0 Å². The molecule has 0 aliphatic heterocycles. The van der Waals surface area contributed by atoms with Gasteiger partial charge in [0.25, 0.3) is 0 Å². The van der Waals surface area contributed by atoms with E-state index in [9.17, 15) is 8.42 Å². The van der Waals surface area contributed by atoms with Crippen molar-refractivity contribution in [3.8, 4) is 0 Å². The Morgan fingerprint density at radius 3 is 2.33 bits per heavy atom. The van der Waals surface area contributed by atoms with Gasteiger partial charge in [-0.1, -0.05) is 18.2 Å². The number of hydrogen-bond donors (Lipinski definition) is 2. The summed E-state index contributed by atoms with van der Waals surface area (Å²) in [4.78, 5) is 0.232. The smallest absolute Gasteiger partial charge is 0.240 e. The van der Waals surface area contributed by atoms with Gasteiger partial charge in [0.2, 0.25) is 10.0 Å². The molecule has 18 heavy (non-hydrogen) atoms. The zero-order chi connectivity index (χ0) is 13.0. The molecule has 1 aromatic carbocycles. The minimum Gasteiger partial charge on any atom is -0.463 e. The highest BCUT2D eigenvalue weighted by Gasteiger charge is 2.13. The van der Waals surface area contributed by atoms with Crippen molar-refractivity contribution in [1.82, 2.24) is 4.72 Å². The number of sulfonamides is 1. The fourth-order valence-electron chi connectivity index (χ4n) is 1.48. The molecular weight excluding hydrogens is 252 g/mol. The van der Waals surface area contributed by atoms with Crippen molar-refractivity contribution in [2.24, 2.45) is 5.73 Å². The van der Waals surface area contributed by atoms with Gasteiger partial charge in [0, 0.05) is 0 Å². The number of hydrogen-bond acceptors (Lipinski definition) is 4. The van der Waals surface area contributed by atoms with Crippen LogP contribution in [0.5, 0.6) is 0 Å². The fraction of sp³-hybridized carbons (Fsp3) is 0.167. The van der Waals surface area contributed by atoms with E-state index in [0.717, 1.165) is 0 Å². The van der Waals surface area contributed by atoms with Gasteiger partial charge in [-0.3, -0.25) is 0 Å². The van der Waals surface area contributed by atoms with Gasteiger partial charge in [-0.15, -0.1) is 0 Å². The van der Waals surface area contributed by atoms with Crippen LogP contribution in [0.15, 0.2) is 51.8 Å². The van der Waals surface area contributed by atoms with E-state index in [0.29, 0.717) is 18.1 Å². The maximum absolute atomic E-state index is 11.9. The van der Waals surface area contributed by atoms with Gasteiger partial charge in [-0.05, 0) is 24.3 Å². The van der Waals surface area contributed by atoms with E-state index in [1.54, 1.807) is 30.3 Å². The van der Waals surface area contributed by atoms with Crippen LogP contribution in [-0.4, -0.2) is 8.42 Å². The summed E-state index contributed by atoms with van der Waals surface area (Å²) in [5, 5.41) is 0. The molecule has 2 aromatic rings. The van der Waals surface area contributed by atoms with E-state index in [-0.39, 0.29) is 11.4 Å². The van der Waals surface area contributed by atoms with Crippen LogP contribution in [-0.2, 0) is 23.1 Å². The first kappa shape index (κ1) is 12.8. The monoisotopic (exact) mass is 266 g/mol. The molecule has 0 fully saturated rings. The quantitative estimate of drug-likeness (QED) is 0.852. The molecule has 0 saturated carbocycles. The van der Waals surface area contributed by atoms with Crippen molar-refractivity contribution in [3.05, 3.63) is 54.0 Å². The lowest BCUT2D eigenvalue weighted by Gasteiger charge is -2.04. The number of nitrogens with one attached hydrogen (secondary N) is 1. The highest BCUT2D eigenvalue weighted by Crippen LogP contribution is 2.10. The van der Waals surface area contributed by atoms with E-state index in [1.165, 1.54) is 12.1 Å². The molecule has 0 bridgehead atoms. The summed E-state index contributed by atoms with van der Waals surface area (Å²) in [7, 11) is -3.50. The molecular formula is C12H14N2O3S. The van der Waals surface area contributed by atoms with E-state index in [4.69, 9.17) is 10.2 Å². The first-order valence-electron chi connectivity index (χ1n) is 5.44. The van der Waals surface area contributed by atoms with Crippen LogP contribution in [0, 0.1) is 0 Å². The Bertz CT molecular complexity index is 605. The minimum atomic E-state index is -3.50. The largest absolute Gasteiger partial charge is 0.463 e. The zero-order valence-electron chi connectivity index (χ0n) is 9.67. The van der Waals surface area contributed by atoms with Crippen LogP contribution < -0.4 is 10.5 Å². The number of nitrogens with two attached hydrogens (primary N) is 1. The first-order valence-corrected chi connectivity index (χ1v) is 6.92. The second-order valence-corrected chi connectivity index (χ2v) is 5.48. The molecule has 0 spiro atoms. The second kappa shape index (κ2) is 5.34. The van der Waals surface area contributed by atoms with Crippen LogP contribution >= 0.6 is 0 Å².